The number of hydrogen-bond acceptors (Lipinski definition) is 2. The first-order valence-electron chi connectivity index (χ1n) is 7.43. The van der Waals surface area contributed by atoms with E-state index in [1.54, 1.807) is 6.92 Å². The molecule has 0 radical (unpaired) electrons. The molecule has 0 aromatic heterocycles. The maximum atomic E-state index is 10.9. The van der Waals surface area contributed by atoms with E-state index >= 15 is 0 Å². The lowest BCUT2D eigenvalue weighted by molar-refractivity contribution is -0.137. The van der Waals surface area contributed by atoms with Crippen LogP contribution in [0.5, 0.6) is 5.75 Å². The van der Waals surface area contributed by atoms with Crippen LogP contribution in [0.1, 0.15) is 51.5 Å². The Labute approximate surface area is 127 Å². The van der Waals surface area contributed by atoms with Crippen molar-refractivity contribution in [1.82, 2.24) is 0 Å². The average Bonchev–Trinajstić information content (AvgIpc) is 2.47. The minimum Gasteiger partial charge on any atom is -0.494 e. The summed E-state index contributed by atoms with van der Waals surface area (Å²) in [5, 5.41) is 8.93. The number of aliphatic carboxylic acids is 1. The van der Waals surface area contributed by atoms with E-state index in [0.29, 0.717) is 12.5 Å². The fourth-order valence-corrected chi connectivity index (χ4v) is 1.98. The Morgan fingerprint density at radius 2 is 2.00 bits per heavy atom. The van der Waals surface area contributed by atoms with Crippen molar-refractivity contribution in [3.63, 3.8) is 0 Å². The molecule has 0 saturated carbocycles. The molecule has 1 rings (SSSR count). The van der Waals surface area contributed by atoms with Gasteiger partial charge in [0.1, 0.15) is 5.75 Å². The molecule has 0 bridgehead atoms. The first kappa shape index (κ1) is 17.1. The van der Waals surface area contributed by atoms with E-state index in [1.807, 2.05) is 24.3 Å². The number of benzene rings is 1. The third-order valence-electron chi connectivity index (χ3n) is 3.56. The molecule has 21 heavy (non-hydrogen) atoms. The number of rotatable bonds is 8. The zero-order chi connectivity index (χ0) is 15.7. The van der Waals surface area contributed by atoms with Crippen LogP contribution in [0.15, 0.2) is 24.3 Å². The Bertz CT molecular complexity index is 493. The van der Waals surface area contributed by atoms with Gasteiger partial charge in [-0.15, -0.1) is 5.92 Å². The predicted octanol–water partition coefficient (Wildman–Crippen LogP) is 4.08. The van der Waals surface area contributed by atoms with Gasteiger partial charge >= 0.3 is 5.97 Å². The van der Waals surface area contributed by atoms with Crippen LogP contribution < -0.4 is 4.74 Å². The van der Waals surface area contributed by atoms with E-state index in [9.17, 15) is 4.79 Å². The molecule has 1 unspecified atom stereocenters. The van der Waals surface area contributed by atoms with Crippen molar-refractivity contribution in [2.24, 2.45) is 5.92 Å². The van der Waals surface area contributed by atoms with Gasteiger partial charge in [0.2, 0.25) is 0 Å². The van der Waals surface area contributed by atoms with Gasteiger partial charge in [0.25, 0.3) is 0 Å². The number of hydrogen-bond donors (Lipinski definition) is 1. The highest BCUT2D eigenvalue weighted by Gasteiger charge is 2.13. The number of ether oxygens (including phenoxy) is 1. The average molecular weight is 288 g/mol. The van der Waals surface area contributed by atoms with Gasteiger partial charge in [-0.3, -0.25) is 4.79 Å². The molecule has 1 aromatic rings. The van der Waals surface area contributed by atoms with Gasteiger partial charge in [0.15, 0.2) is 0 Å². The zero-order valence-electron chi connectivity index (χ0n) is 13.1. The number of carboxylic acid groups (broad SMARTS) is 1. The molecular formula is C18H24O3. The lowest BCUT2D eigenvalue weighted by atomic mass is 9.96. The molecule has 0 amide bonds. The van der Waals surface area contributed by atoms with Crippen LogP contribution in [0.2, 0.25) is 0 Å². The molecule has 2 atom stereocenters. The van der Waals surface area contributed by atoms with Crippen LogP contribution in [0, 0.1) is 17.8 Å². The van der Waals surface area contributed by atoms with Crippen LogP contribution in [0.25, 0.3) is 0 Å². The van der Waals surface area contributed by atoms with Crippen molar-refractivity contribution in [1.29, 1.82) is 0 Å². The van der Waals surface area contributed by atoms with Gasteiger partial charge in [-0.2, -0.15) is 0 Å². The Kier molecular flexibility index (Phi) is 7.39. The highest BCUT2D eigenvalue weighted by molar-refractivity contribution is 5.69. The third-order valence-corrected chi connectivity index (χ3v) is 3.56. The molecule has 3 nitrogen and oxygen atoms in total. The van der Waals surface area contributed by atoms with Gasteiger partial charge < -0.3 is 9.84 Å². The van der Waals surface area contributed by atoms with E-state index in [-0.39, 0.29) is 12.3 Å². The summed E-state index contributed by atoms with van der Waals surface area (Å²) in [6.45, 7) is 6.83. The summed E-state index contributed by atoms with van der Waals surface area (Å²) >= 11 is 0. The lowest BCUT2D eigenvalue weighted by Gasteiger charge is -2.12. The fraction of sp³-hybridized carbons (Fsp3) is 0.500. The minimum atomic E-state index is -0.836. The van der Waals surface area contributed by atoms with Crippen LogP contribution in [-0.4, -0.2) is 17.7 Å². The maximum Gasteiger partial charge on any atom is 0.304 e. The van der Waals surface area contributed by atoms with Gasteiger partial charge in [0.05, 0.1) is 18.9 Å². The molecule has 0 spiro atoms. The second kappa shape index (κ2) is 9.07. The van der Waals surface area contributed by atoms with Crippen molar-refractivity contribution in [2.45, 2.75) is 46.0 Å². The molecular weight excluding hydrogens is 264 g/mol. The SMILES string of the molecule is CC#C[C@@H](CC(=O)O)c1ccc(OCCC(C)CC)cc1. The second-order valence-corrected chi connectivity index (χ2v) is 5.26. The van der Waals surface area contributed by atoms with E-state index in [0.717, 1.165) is 24.2 Å². The summed E-state index contributed by atoms with van der Waals surface area (Å²) in [4.78, 5) is 10.9. The first-order chi connectivity index (χ1) is 10.1. The summed E-state index contributed by atoms with van der Waals surface area (Å²) in [5.74, 6) is 6.13. The smallest absolute Gasteiger partial charge is 0.304 e. The zero-order valence-corrected chi connectivity index (χ0v) is 13.1. The molecule has 0 saturated heterocycles. The summed E-state index contributed by atoms with van der Waals surface area (Å²) < 4.78 is 5.70. The predicted molar refractivity (Wildman–Crippen MR) is 84.5 cm³/mol. The summed E-state index contributed by atoms with van der Waals surface area (Å²) in [6.07, 6.45) is 2.23. The minimum absolute atomic E-state index is 0.0229. The molecule has 0 aliphatic carbocycles. The molecule has 0 aliphatic heterocycles. The molecule has 0 fully saturated rings. The van der Waals surface area contributed by atoms with Crippen molar-refractivity contribution in [3.8, 4) is 17.6 Å². The van der Waals surface area contributed by atoms with Crippen LogP contribution in [0.4, 0.5) is 0 Å². The topological polar surface area (TPSA) is 46.5 Å². The molecule has 114 valence electrons. The van der Waals surface area contributed by atoms with Crippen LogP contribution in [0.3, 0.4) is 0 Å². The summed E-state index contributed by atoms with van der Waals surface area (Å²) in [7, 11) is 0. The van der Waals surface area contributed by atoms with Crippen molar-refractivity contribution >= 4 is 5.97 Å². The normalized spacial score (nSPS) is 12.9. The molecule has 1 aromatic carbocycles. The van der Waals surface area contributed by atoms with Crippen LogP contribution >= 0.6 is 0 Å². The Morgan fingerprint density at radius 1 is 1.33 bits per heavy atom. The molecule has 3 heteroatoms. The Balaban J connectivity index is 2.62. The standard InChI is InChI=1S/C18H24O3/c1-4-6-16(13-18(19)20)15-7-9-17(10-8-15)21-12-11-14(3)5-2/h7-10,14,16H,5,11-13H2,1-3H3,(H,19,20)/t14?,16-/m0/s1. The Morgan fingerprint density at radius 3 is 2.52 bits per heavy atom. The quantitative estimate of drug-likeness (QED) is 0.733. The van der Waals surface area contributed by atoms with Crippen molar-refractivity contribution in [3.05, 3.63) is 29.8 Å². The number of carboxylic acids is 1. The lowest BCUT2D eigenvalue weighted by Crippen LogP contribution is -2.05. The molecule has 0 aliphatic rings. The van der Waals surface area contributed by atoms with Crippen LogP contribution in [-0.2, 0) is 4.79 Å². The van der Waals surface area contributed by atoms with Gasteiger partial charge in [-0.1, -0.05) is 38.3 Å². The molecule has 0 heterocycles. The monoisotopic (exact) mass is 288 g/mol. The van der Waals surface area contributed by atoms with Gasteiger partial charge in [-0.05, 0) is 37.0 Å². The van der Waals surface area contributed by atoms with Crippen molar-refractivity contribution in [2.75, 3.05) is 6.61 Å². The highest BCUT2D eigenvalue weighted by Crippen LogP contribution is 2.22. The third kappa shape index (κ3) is 6.35. The maximum absolute atomic E-state index is 10.9. The van der Waals surface area contributed by atoms with E-state index in [1.165, 1.54) is 0 Å². The van der Waals surface area contributed by atoms with Gasteiger partial charge in [0, 0.05) is 0 Å². The Hall–Kier alpha value is -1.95. The second-order valence-electron chi connectivity index (χ2n) is 5.26. The van der Waals surface area contributed by atoms with E-state index in [4.69, 9.17) is 9.84 Å². The summed E-state index contributed by atoms with van der Waals surface area (Å²) in [6, 6.07) is 7.57. The molecule has 1 N–H and O–H groups in total. The van der Waals surface area contributed by atoms with Crippen molar-refractivity contribution < 1.29 is 14.6 Å². The van der Waals surface area contributed by atoms with E-state index in [2.05, 4.69) is 25.7 Å². The fourth-order valence-electron chi connectivity index (χ4n) is 1.98. The number of carbonyl (C=O) groups is 1. The first-order valence-corrected chi connectivity index (χ1v) is 7.43. The summed E-state index contributed by atoms with van der Waals surface area (Å²) in [5.41, 5.74) is 0.918. The largest absolute Gasteiger partial charge is 0.494 e. The highest BCUT2D eigenvalue weighted by atomic mass is 16.5. The van der Waals surface area contributed by atoms with E-state index < -0.39 is 5.97 Å². The van der Waals surface area contributed by atoms with Gasteiger partial charge in [-0.25, -0.2) is 0 Å².